The molecule has 0 aliphatic carbocycles. The minimum Gasteiger partial charge on any atom is -0.324 e. The van der Waals surface area contributed by atoms with Gasteiger partial charge in [0.1, 0.15) is 4.87 Å². The molecule has 1 atom stereocenters. The Balaban J connectivity index is 1.66. The molecule has 4 aromatic rings. The van der Waals surface area contributed by atoms with Crippen LogP contribution in [0.4, 0.5) is 5.69 Å². The van der Waals surface area contributed by atoms with Crippen molar-refractivity contribution in [3.05, 3.63) is 114 Å². The molecule has 1 N–H and O–H groups in total. The second kappa shape index (κ2) is 8.50. The number of carbonyl (C=O) groups is 1. The number of carbonyl (C=O) groups excluding carboxylic acids is 1. The van der Waals surface area contributed by atoms with Gasteiger partial charge in [0.25, 0.3) is 0 Å². The molecule has 144 valence electrons. The molecule has 0 saturated carbocycles. The highest BCUT2D eigenvalue weighted by Crippen LogP contribution is 2.36. The molecule has 0 spiro atoms. The lowest BCUT2D eigenvalue weighted by Crippen LogP contribution is -2.36. The lowest BCUT2D eigenvalue weighted by molar-refractivity contribution is -0.119. The van der Waals surface area contributed by atoms with Crippen molar-refractivity contribution in [2.24, 2.45) is 0 Å². The van der Waals surface area contributed by atoms with E-state index in [9.17, 15) is 4.79 Å². The van der Waals surface area contributed by atoms with Gasteiger partial charge in [-0.1, -0.05) is 97.1 Å². The summed E-state index contributed by atoms with van der Waals surface area (Å²) in [5.74, 6) is -0.211. The fraction of sp³-hybridized carbons (Fsp3) is 0.115. The van der Waals surface area contributed by atoms with Crippen LogP contribution < -0.4 is 5.32 Å². The highest BCUT2D eigenvalue weighted by molar-refractivity contribution is 6.36. The van der Waals surface area contributed by atoms with Gasteiger partial charge in [-0.15, -0.1) is 11.6 Å². The van der Waals surface area contributed by atoms with Crippen LogP contribution in [0, 0.1) is 0 Å². The van der Waals surface area contributed by atoms with E-state index in [4.69, 9.17) is 11.6 Å². The van der Waals surface area contributed by atoms with Crippen LogP contribution in [-0.2, 0) is 16.1 Å². The Hall–Kier alpha value is -3.10. The van der Waals surface area contributed by atoms with Gasteiger partial charge in [-0.05, 0) is 35.4 Å². The van der Waals surface area contributed by atoms with Crippen LogP contribution in [0.15, 0.2) is 103 Å². The molecule has 4 rings (SSSR count). The standard InChI is InChI=1S/C26H22ClNO/c27-26(22-14-5-2-6-15-22,19-18-20-10-3-1-4-11-20)25(29)28-24-17-9-13-21-12-7-8-16-23(21)24/h1-17H,18-19H2,(H,28,29). The fourth-order valence-electron chi connectivity index (χ4n) is 3.61. The Morgan fingerprint density at radius 3 is 2.14 bits per heavy atom. The van der Waals surface area contributed by atoms with E-state index in [-0.39, 0.29) is 5.91 Å². The van der Waals surface area contributed by atoms with Crippen LogP contribution in [0.2, 0.25) is 0 Å². The molecule has 29 heavy (non-hydrogen) atoms. The molecule has 4 aromatic carbocycles. The van der Waals surface area contributed by atoms with Crippen LogP contribution in [0.5, 0.6) is 0 Å². The summed E-state index contributed by atoms with van der Waals surface area (Å²) >= 11 is 7.05. The van der Waals surface area contributed by atoms with Crippen molar-refractivity contribution < 1.29 is 4.79 Å². The van der Waals surface area contributed by atoms with E-state index in [1.165, 1.54) is 0 Å². The van der Waals surface area contributed by atoms with Crippen molar-refractivity contribution >= 4 is 34.0 Å². The molecule has 0 aliphatic heterocycles. The summed E-state index contributed by atoms with van der Waals surface area (Å²) in [5, 5.41) is 5.17. The van der Waals surface area contributed by atoms with E-state index in [1.807, 2.05) is 91.0 Å². The van der Waals surface area contributed by atoms with Crippen LogP contribution in [0.25, 0.3) is 10.8 Å². The summed E-state index contributed by atoms with van der Waals surface area (Å²) in [6.45, 7) is 0. The zero-order chi connectivity index (χ0) is 20.1. The van der Waals surface area contributed by atoms with Crippen LogP contribution >= 0.6 is 11.6 Å². The molecule has 1 unspecified atom stereocenters. The third-order valence-electron chi connectivity index (χ3n) is 5.23. The molecule has 0 heterocycles. The largest absolute Gasteiger partial charge is 0.324 e. The summed E-state index contributed by atoms with van der Waals surface area (Å²) in [5.41, 5.74) is 2.73. The summed E-state index contributed by atoms with van der Waals surface area (Å²) in [6.07, 6.45) is 1.21. The lowest BCUT2D eigenvalue weighted by atomic mass is 9.90. The molecular formula is C26H22ClNO. The normalized spacial score (nSPS) is 13.0. The summed E-state index contributed by atoms with van der Waals surface area (Å²) in [4.78, 5) is 12.3. The zero-order valence-electron chi connectivity index (χ0n) is 16.0. The van der Waals surface area contributed by atoms with E-state index < -0.39 is 4.87 Å². The van der Waals surface area contributed by atoms with Gasteiger partial charge >= 0.3 is 0 Å². The first-order chi connectivity index (χ1) is 14.2. The molecule has 2 nitrogen and oxygen atoms in total. The number of amides is 1. The van der Waals surface area contributed by atoms with E-state index in [2.05, 4.69) is 17.4 Å². The Kier molecular flexibility index (Phi) is 5.64. The number of hydrogen-bond donors (Lipinski definition) is 1. The van der Waals surface area contributed by atoms with Gasteiger partial charge in [-0.3, -0.25) is 4.79 Å². The maximum absolute atomic E-state index is 13.5. The average molecular weight is 400 g/mol. The molecule has 0 fully saturated rings. The number of hydrogen-bond acceptors (Lipinski definition) is 1. The van der Waals surface area contributed by atoms with E-state index in [0.29, 0.717) is 12.8 Å². The number of aryl methyl sites for hydroxylation is 1. The first kappa shape index (κ1) is 19.2. The van der Waals surface area contributed by atoms with Crippen molar-refractivity contribution in [1.82, 2.24) is 0 Å². The van der Waals surface area contributed by atoms with Crippen molar-refractivity contribution in [2.45, 2.75) is 17.7 Å². The highest BCUT2D eigenvalue weighted by atomic mass is 35.5. The van der Waals surface area contributed by atoms with Crippen molar-refractivity contribution in [3.63, 3.8) is 0 Å². The third kappa shape index (κ3) is 4.18. The predicted molar refractivity (Wildman–Crippen MR) is 121 cm³/mol. The molecule has 3 heteroatoms. The number of fused-ring (bicyclic) bond motifs is 1. The quantitative estimate of drug-likeness (QED) is 0.366. The number of anilines is 1. The molecular weight excluding hydrogens is 378 g/mol. The highest BCUT2D eigenvalue weighted by Gasteiger charge is 2.38. The Morgan fingerprint density at radius 1 is 0.759 bits per heavy atom. The fourth-order valence-corrected chi connectivity index (χ4v) is 3.88. The van der Waals surface area contributed by atoms with Gasteiger partial charge in [-0.25, -0.2) is 0 Å². The smallest absolute Gasteiger partial charge is 0.250 e. The van der Waals surface area contributed by atoms with Gasteiger partial charge < -0.3 is 5.32 Å². The molecule has 0 aromatic heterocycles. The maximum Gasteiger partial charge on any atom is 0.250 e. The monoisotopic (exact) mass is 399 g/mol. The van der Waals surface area contributed by atoms with Crippen molar-refractivity contribution in [3.8, 4) is 0 Å². The lowest BCUT2D eigenvalue weighted by Gasteiger charge is -2.27. The number of rotatable bonds is 6. The minimum absolute atomic E-state index is 0.211. The topological polar surface area (TPSA) is 29.1 Å². The van der Waals surface area contributed by atoms with Crippen molar-refractivity contribution in [2.75, 3.05) is 5.32 Å². The Bertz CT molecular complexity index is 1110. The summed E-state index contributed by atoms with van der Waals surface area (Å²) in [7, 11) is 0. The predicted octanol–water partition coefficient (Wildman–Crippen LogP) is 6.55. The van der Waals surface area contributed by atoms with E-state index >= 15 is 0 Å². The first-order valence-corrected chi connectivity index (χ1v) is 10.1. The number of nitrogens with one attached hydrogen (secondary N) is 1. The molecule has 0 saturated heterocycles. The van der Waals surface area contributed by atoms with Crippen LogP contribution in [0.3, 0.4) is 0 Å². The average Bonchev–Trinajstić information content (AvgIpc) is 2.79. The van der Waals surface area contributed by atoms with Crippen LogP contribution in [0.1, 0.15) is 17.5 Å². The first-order valence-electron chi connectivity index (χ1n) is 9.74. The van der Waals surface area contributed by atoms with Gasteiger partial charge in [0.05, 0.1) is 0 Å². The third-order valence-corrected chi connectivity index (χ3v) is 5.81. The number of alkyl halides is 1. The Labute approximate surface area is 176 Å². The second-order valence-corrected chi connectivity index (χ2v) is 7.78. The number of halogens is 1. The van der Waals surface area contributed by atoms with E-state index in [1.54, 1.807) is 0 Å². The molecule has 0 radical (unpaired) electrons. The summed E-state index contributed by atoms with van der Waals surface area (Å²) in [6, 6.07) is 33.6. The molecule has 0 bridgehead atoms. The number of benzene rings is 4. The Morgan fingerprint density at radius 2 is 1.38 bits per heavy atom. The SMILES string of the molecule is O=C(Nc1cccc2ccccc12)C(Cl)(CCc1ccccc1)c1ccccc1. The van der Waals surface area contributed by atoms with Crippen molar-refractivity contribution in [1.29, 1.82) is 0 Å². The second-order valence-electron chi connectivity index (χ2n) is 7.13. The minimum atomic E-state index is -1.16. The van der Waals surface area contributed by atoms with Gasteiger partial charge in [0.15, 0.2) is 0 Å². The molecule has 0 aliphatic rings. The van der Waals surface area contributed by atoms with Gasteiger partial charge in [0.2, 0.25) is 5.91 Å². The van der Waals surface area contributed by atoms with Crippen LogP contribution in [-0.4, -0.2) is 5.91 Å². The maximum atomic E-state index is 13.5. The van der Waals surface area contributed by atoms with Gasteiger partial charge in [-0.2, -0.15) is 0 Å². The molecule has 1 amide bonds. The zero-order valence-corrected chi connectivity index (χ0v) is 16.8. The van der Waals surface area contributed by atoms with E-state index in [0.717, 1.165) is 27.6 Å². The summed E-state index contributed by atoms with van der Waals surface area (Å²) < 4.78 is 0. The van der Waals surface area contributed by atoms with Gasteiger partial charge in [0, 0.05) is 11.1 Å².